The van der Waals surface area contributed by atoms with Gasteiger partial charge in [-0.25, -0.2) is 14.8 Å². The lowest BCUT2D eigenvalue weighted by molar-refractivity contribution is -0.138. The molecular formula is C14H28O3S2. The van der Waals surface area contributed by atoms with Gasteiger partial charge in [-0.15, -0.1) is 5.69 Å². The molecule has 0 rings (SSSR count). The van der Waals surface area contributed by atoms with Gasteiger partial charge in [0.15, 0.2) is 0 Å². The Labute approximate surface area is 121 Å². The SMILES string of the molecule is C#[SH](C)OC(C)(C)S(C)(C)CCCOC(=O)C(=C)C. The monoisotopic (exact) mass is 308 g/mol. The van der Waals surface area contributed by atoms with Crippen molar-refractivity contribution in [2.24, 2.45) is 0 Å². The smallest absolute Gasteiger partial charge is 0.333 e. The van der Waals surface area contributed by atoms with Gasteiger partial charge in [-0.3, -0.25) is 0 Å². The Morgan fingerprint density at radius 1 is 1.42 bits per heavy atom. The van der Waals surface area contributed by atoms with Gasteiger partial charge in [0.25, 0.3) is 0 Å². The number of hydrogen-bond acceptors (Lipinski definition) is 3. The molecule has 5 heteroatoms. The highest BCUT2D eigenvalue weighted by Gasteiger charge is 2.33. The fourth-order valence-corrected chi connectivity index (χ4v) is 4.59. The zero-order valence-electron chi connectivity index (χ0n) is 13.0. The van der Waals surface area contributed by atoms with E-state index in [1.807, 2.05) is 6.26 Å². The lowest BCUT2D eigenvalue weighted by atomic mass is 10.4. The molecule has 0 radical (unpaired) electrons. The summed E-state index contributed by atoms with van der Waals surface area (Å²) >= 11 is 0. The summed E-state index contributed by atoms with van der Waals surface area (Å²) in [7, 11) is -1.84. The molecule has 0 amide bonds. The van der Waals surface area contributed by atoms with Crippen LogP contribution in [0.15, 0.2) is 12.2 Å². The van der Waals surface area contributed by atoms with Crippen LogP contribution < -0.4 is 0 Å². The number of carbonyl (C=O) groups excluding carboxylic acids is 1. The number of thiol groups is 1. The maximum Gasteiger partial charge on any atom is 0.333 e. The summed E-state index contributed by atoms with van der Waals surface area (Å²) in [6.07, 6.45) is 7.19. The summed E-state index contributed by atoms with van der Waals surface area (Å²) in [6.45, 7) is 9.82. The molecule has 0 aliphatic heterocycles. The second-order valence-electron chi connectivity index (χ2n) is 5.55. The molecule has 0 spiro atoms. The molecule has 114 valence electrons. The van der Waals surface area contributed by atoms with E-state index in [1.54, 1.807) is 6.92 Å². The summed E-state index contributed by atoms with van der Waals surface area (Å²) in [4.78, 5) is 11.0. The van der Waals surface area contributed by atoms with Crippen molar-refractivity contribution in [1.82, 2.24) is 0 Å². The fraction of sp³-hybridized carbons (Fsp3) is 0.714. The highest BCUT2D eigenvalue weighted by Crippen LogP contribution is 2.55. The van der Waals surface area contributed by atoms with Crippen LogP contribution in [0.2, 0.25) is 0 Å². The average molecular weight is 309 g/mol. The van der Waals surface area contributed by atoms with Gasteiger partial charge in [-0.2, -0.15) is 0 Å². The Balaban J connectivity index is 4.28. The van der Waals surface area contributed by atoms with Crippen LogP contribution in [0.3, 0.4) is 0 Å². The first-order valence-electron chi connectivity index (χ1n) is 6.20. The molecule has 0 fully saturated rings. The molecule has 3 nitrogen and oxygen atoms in total. The molecule has 0 bridgehead atoms. The van der Waals surface area contributed by atoms with E-state index >= 15 is 0 Å². The first kappa shape index (κ1) is 18.7. The second kappa shape index (κ2) is 7.44. The van der Waals surface area contributed by atoms with E-state index in [0.29, 0.717) is 12.2 Å². The maximum absolute atomic E-state index is 11.3. The van der Waals surface area contributed by atoms with Crippen molar-refractivity contribution in [2.45, 2.75) is 32.1 Å². The molecule has 19 heavy (non-hydrogen) atoms. The van der Waals surface area contributed by atoms with E-state index < -0.39 is 20.6 Å². The highest BCUT2D eigenvalue weighted by atomic mass is 32.3. The summed E-state index contributed by atoms with van der Waals surface area (Å²) in [6, 6.07) is 0. The van der Waals surface area contributed by atoms with Crippen LogP contribution in [-0.4, -0.2) is 42.0 Å². The molecule has 0 aromatic carbocycles. The van der Waals surface area contributed by atoms with Crippen LogP contribution in [0, 0.1) is 5.69 Å². The lowest BCUT2D eigenvalue weighted by Crippen LogP contribution is -2.31. The molecule has 0 saturated carbocycles. The van der Waals surface area contributed by atoms with E-state index in [0.717, 1.165) is 12.2 Å². The summed E-state index contributed by atoms with van der Waals surface area (Å²) in [5.74, 6) is 0.662. The van der Waals surface area contributed by atoms with Gasteiger partial charge in [0.1, 0.15) is 4.93 Å². The minimum atomic E-state index is -0.973. The van der Waals surface area contributed by atoms with Crippen LogP contribution in [-0.2, 0) is 13.7 Å². The third-order valence-corrected chi connectivity index (χ3v) is 8.00. The quantitative estimate of drug-likeness (QED) is 0.339. The van der Waals surface area contributed by atoms with Gasteiger partial charge in [0, 0.05) is 5.57 Å². The molecule has 1 atom stereocenters. The first-order chi connectivity index (χ1) is 8.49. The minimum Gasteiger partial charge on any atom is -0.462 e. The fourth-order valence-electron chi connectivity index (χ4n) is 1.40. The number of ether oxygens (including phenoxy) is 1. The predicted octanol–water partition coefficient (Wildman–Crippen LogP) is 3.45. The third kappa shape index (κ3) is 6.57. The average Bonchev–Trinajstić information content (AvgIpc) is 2.21. The molecule has 0 aromatic rings. The molecular weight excluding hydrogens is 280 g/mol. The Hall–Kier alpha value is -0.350. The Morgan fingerprint density at radius 2 is 1.95 bits per heavy atom. The van der Waals surface area contributed by atoms with E-state index in [2.05, 4.69) is 32.9 Å². The number of esters is 1. The Morgan fingerprint density at radius 3 is 2.37 bits per heavy atom. The zero-order chi connectivity index (χ0) is 15.3. The van der Waals surface area contributed by atoms with Crippen molar-refractivity contribution in [1.29, 1.82) is 0 Å². The normalized spacial score (nSPS) is 14.8. The summed E-state index contributed by atoms with van der Waals surface area (Å²) in [5.41, 5.74) is 6.22. The van der Waals surface area contributed by atoms with Crippen LogP contribution in [0.1, 0.15) is 27.2 Å². The first-order valence-corrected chi connectivity index (χ1v) is 10.6. The highest BCUT2D eigenvalue weighted by molar-refractivity contribution is 8.33. The molecule has 0 N–H and O–H groups in total. The molecule has 0 aromatic heterocycles. The van der Waals surface area contributed by atoms with Crippen molar-refractivity contribution in [3.63, 3.8) is 0 Å². The van der Waals surface area contributed by atoms with Crippen LogP contribution >= 0.6 is 20.6 Å². The molecule has 0 saturated heterocycles. The van der Waals surface area contributed by atoms with Crippen LogP contribution in [0.5, 0.6) is 0 Å². The zero-order valence-corrected chi connectivity index (χ0v) is 14.7. The van der Waals surface area contributed by atoms with Gasteiger partial charge in [-0.1, -0.05) is 17.2 Å². The van der Waals surface area contributed by atoms with Crippen molar-refractivity contribution >= 4 is 26.6 Å². The lowest BCUT2D eigenvalue weighted by Gasteiger charge is -2.46. The standard InChI is InChI=1S/C14H28O3S2/c1-12(2)13(15)16-10-9-11-19(7,8)14(3,4)17-18(5)6/h5,18H,1,9-11H2,2-4,6-8H3. The molecule has 0 aliphatic rings. The van der Waals surface area contributed by atoms with Crippen molar-refractivity contribution in [3.05, 3.63) is 12.2 Å². The van der Waals surface area contributed by atoms with Gasteiger partial charge < -0.3 is 8.92 Å². The van der Waals surface area contributed by atoms with Crippen LogP contribution in [0.4, 0.5) is 0 Å². The number of rotatable bonds is 7. The van der Waals surface area contributed by atoms with Gasteiger partial charge >= 0.3 is 5.97 Å². The molecule has 1 unspecified atom stereocenters. The van der Waals surface area contributed by atoms with Crippen molar-refractivity contribution in [2.75, 3.05) is 31.1 Å². The summed E-state index contributed by atoms with van der Waals surface area (Å²) in [5, 5.41) is 0. The Bertz CT molecular complexity index is 403. The van der Waals surface area contributed by atoms with Gasteiger partial charge in [0.05, 0.1) is 6.61 Å². The van der Waals surface area contributed by atoms with E-state index in [4.69, 9.17) is 14.6 Å². The predicted molar refractivity (Wildman–Crippen MR) is 89.7 cm³/mol. The molecule has 0 aliphatic carbocycles. The summed E-state index contributed by atoms with van der Waals surface area (Å²) < 4.78 is 11.0. The van der Waals surface area contributed by atoms with Gasteiger partial charge in [-0.05, 0) is 51.7 Å². The van der Waals surface area contributed by atoms with E-state index in [-0.39, 0.29) is 10.9 Å². The van der Waals surface area contributed by atoms with Crippen molar-refractivity contribution < 1.29 is 13.7 Å². The van der Waals surface area contributed by atoms with E-state index in [1.165, 1.54) is 0 Å². The Kier molecular flexibility index (Phi) is 7.30. The van der Waals surface area contributed by atoms with E-state index in [9.17, 15) is 4.79 Å². The minimum absolute atomic E-state index is 0.222. The van der Waals surface area contributed by atoms with Gasteiger partial charge in [0.2, 0.25) is 0 Å². The van der Waals surface area contributed by atoms with Crippen molar-refractivity contribution in [3.8, 4) is 5.69 Å². The molecule has 0 heterocycles. The largest absolute Gasteiger partial charge is 0.462 e. The van der Waals surface area contributed by atoms with Crippen LogP contribution in [0.25, 0.3) is 0 Å². The number of hydrogen-bond donors (Lipinski definition) is 1. The second-order valence-corrected chi connectivity index (χ2v) is 11.3. The maximum atomic E-state index is 11.3. The third-order valence-electron chi connectivity index (χ3n) is 3.08. The number of carbonyl (C=O) groups is 1. The topological polar surface area (TPSA) is 35.5 Å².